The molecular formula is C11H19N3O. The van der Waals surface area contributed by atoms with Crippen molar-refractivity contribution in [3.8, 4) is 0 Å². The molecule has 0 radical (unpaired) electrons. The Morgan fingerprint density at radius 1 is 1.60 bits per heavy atom. The molecule has 4 nitrogen and oxygen atoms in total. The summed E-state index contributed by atoms with van der Waals surface area (Å²) in [5.41, 5.74) is 5.85. The van der Waals surface area contributed by atoms with E-state index in [2.05, 4.69) is 18.9 Å². The maximum atomic E-state index is 5.85. The topological polar surface area (TPSA) is 53.1 Å². The van der Waals surface area contributed by atoms with Crippen molar-refractivity contribution in [3.63, 3.8) is 0 Å². The van der Waals surface area contributed by atoms with Crippen molar-refractivity contribution in [2.45, 2.75) is 38.8 Å². The van der Waals surface area contributed by atoms with Crippen LogP contribution in [0.5, 0.6) is 0 Å². The lowest BCUT2D eigenvalue weighted by Crippen LogP contribution is -2.31. The van der Waals surface area contributed by atoms with E-state index in [9.17, 15) is 0 Å². The molecule has 0 aromatic carbocycles. The molecule has 0 spiro atoms. The Hall–Kier alpha value is -1.03. The van der Waals surface area contributed by atoms with Crippen LogP contribution in [0.1, 0.15) is 32.7 Å². The van der Waals surface area contributed by atoms with Gasteiger partial charge in [-0.25, -0.2) is 4.68 Å². The van der Waals surface area contributed by atoms with Gasteiger partial charge in [-0.15, -0.1) is 0 Å². The first-order valence-corrected chi connectivity index (χ1v) is 5.59. The van der Waals surface area contributed by atoms with E-state index in [1.165, 1.54) is 0 Å². The van der Waals surface area contributed by atoms with E-state index in [1.807, 2.05) is 10.7 Å². The van der Waals surface area contributed by atoms with Crippen molar-refractivity contribution in [1.82, 2.24) is 9.78 Å². The van der Waals surface area contributed by atoms with Crippen LogP contribution in [-0.2, 0) is 4.74 Å². The minimum absolute atomic E-state index is 0.340. The Kier molecular flexibility index (Phi) is 2.95. The van der Waals surface area contributed by atoms with Crippen LogP contribution in [0.2, 0.25) is 0 Å². The molecule has 0 bridgehead atoms. The summed E-state index contributed by atoms with van der Waals surface area (Å²) in [6, 6.07) is 2.25. The molecule has 0 amide bonds. The molecular weight excluding hydrogens is 190 g/mol. The fourth-order valence-corrected chi connectivity index (χ4v) is 2.13. The predicted octanol–water partition coefficient (Wildman–Crippen LogP) is 1.84. The molecule has 0 aliphatic carbocycles. The third kappa shape index (κ3) is 2.15. The van der Waals surface area contributed by atoms with Gasteiger partial charge in [-0.2, -0.15) is 5.10 Å². The largest absolute Gasteiger partial charge is 0.384 e. The summed E-state index contributed by atoms with van der Waals surface area (Å²) in [6.45, 7) is 5.20. The molecule has 2 rings (SSSR count). The second-order valence-corrected chi connectivity index (χ2v) is 4.53. The molecule has 84 valence electrons. The van der Waals surface area contributed by atoms with E-state index < -0.39 is 0 Å². The van der Waals surface area contributed by atoms with Gasteiger partial charge in [-0.3, -0.25) is 0 Å². The highest BCUT2D eigenvalue weighted by molar-refractivity contribution is 5.26. The van der Waals surface area contributed by atoms with Gasteiger partial charge in [0.1, 0.15) is 5.82 Å². The lowest BCUT2D eigenvalue weighted by molar-refractivity contribution is -0.0324. The van der Waals surface area contributed by atoms with Crippen molar-refractivity contribution in [2.75, 3.05) is 12.3 Å². The molecule has 1 aliphatic rings. The average molecular weight is 209 g/mol. The van der Waals surface area contributed by atoms with E-state index in [-0.39, 0.29) is 0 Å². The third-order valence-corrected chi connectivity index (χ3v) is 3.08. The first kappa shape index (κ1) is 10.5. The van der Waals surface area contributed by atoms with Gasteiger partial charge in [0, 0.05) is 6.61 Å². The lowest BCUT2D eigenvalue weighted by atomic mass is 9.95. The van der Waals surface area contributed by atoms with Crippen molar-refractivity contribution in [3.05, 3.63) is 12.3 Å². The molecule has 2 heterocycles. The third-order valence-electron chi connectivity index (χ3n) is 3.08. The van der Waals surface area contributed by atoms with Crippen LogP contribution < -0.4 is 5.73 Å². The minimum Gasteiger partial charge on any atom is -0.384 e. The number of hydrogen-bond donors (Lipinski definition) is 1. The van der Waals surface area contributed by atoms with Gasteiger partial charge >= 0.3 is 0 Å². The van der Waals surface area contributed by atoms with Crippen LogP contribution >= 0.6 is 0 Å². The first-order chi connectivity index (χ1) is 7.18. The quantitative estimate of drug-likeness (QED) is 0.808. The normalized spacial score (nSPS) is 27.1. The summed E-state index contributed by atoms with van der Waals surface area (Å²) >= 11 is 0. The Bertz CT molecular complexity index is 321. The van der Waals surface area contributed by atoms with E-state index >= 15 is 0 Å². The summed E-state index contributed by atoms with van der Waals surface area (Å²) in [6.07, 6.45) is 4.13. The second-order valence-electron chi connectivity index (χ2n) is 4.53. The van der Waals surface area contributed by atoms with Gasteiger partial charge in [0.15, 0.2) is 0 Å². The molecule has 0 saturated carbocycles. The first-order valence-electron chi connectivity index (χ1n) is 5.59. The van der Waals surface area contributed by atoms with E-state index in [1.54, 1.807) is 6.20 Å². The number of ether oxygens (including phenoxy) is 1. The van der Waals surface area contributed by atoms with Gasteiger partial charge in [-0.05, 0) is 24.8 Å². The zero-order valence-corrected chi connectivity index (χ0v) is 9.39. The summed E-state index contributed by atoms with van der Waals surface area (Å²) in [5.74, 6) is 1.31. The Balaban J connectivity index is 2.08. The number of nitrogens with two attached hydrogens (primary N) is 1. The summed E-state index contributed by atoms with van der Waals surface area (Å²) < 4.78 is 7.65. The Morgan fingerprint density at radius 2 is 2.40 bits per heavy atom. The molecule has 15 heavy (non-hydrogen) atoms. The number of aromatic nitrogens is 2. The maximum Gasteiger partial charge on any atom is 0.121 e. The fourth-order valence-electron chi connectivity index (χ4n) is 2.13. The highest BCUT2D eigenvalue weighted by Gasteiger charge is 2.26. The van der Waals surface area contributed by atoms with E-state index in [0.29, 0.717) is 18.1 Å². The minimum atomic E-state index is 0.340. The standard InChI is InChI=1S/C11H19N3O/c1-8(2)10-7-9(4-6-15-10)14-11(12)3-5-13-14/h3,5,8-10H,4,6-7,12H2,1-2H3. The smallest absolute Gasteiger partial charge is 0.121 e. The molecule has 2 N–H and O–H groups in total. The van der Waals surface area contributed by atoms with Crippen LogP contribution in [0, 0.1) is 5.92 Å². The summed E-state index contributed by atoms with van der Waals surface area (Å²) in [7, 11) is 0. The van der Waals surface area contributed by atoms with Gasteiger partial charge in [-0.1, -0.05) is 13.8 Å². The molecule has 1 aliphatic heterocycles. The Labute approximate surface area is 90.4 Å². The molecule has 2 atom stereocenters. The number of anilines is 1. The predicted molar refractivity (Wildman–Crippen MR) is 59.5 cm³/mol. The van der Waals surface area contributed by atoms with Crippen molar-refractivity contribution >= 4 is 5.82 Å². The van der Waals surface area contributed by atoms with Crippen LogP contribution in [0.3, 0.4) is 0 Å². The van der Waals surface area contributed by atoms with Crippen LogP contribution in [0.25, 0.3) is 0 Å². The monoisotopic (exact) mass is 209 g/mol. The highest BCUT2D eigenvalue weighted by Crippen LogP contribution is 2.29. The molecule has 1 aromatic rings. The van der Waals surface area contributed by atoms with Crippen LogP contribution in [0.15, 0.2) is 12.3 Å². The average Bonchev–Trinajstić information content (AvgIpc) is 2.64. The van der Waals surface area contributed by atoms with Gasteiger partial charge < -0.3 is 10.5 Å². The summed E-state index contributed by atoms with van der Waals surface area (Å²) in [4.78, 5) is 0. The SMILES string of the molecule is CC(C)C1CC(n2nccc2N)CCO1. The van der Waals surface area contributed by atoms with Crippen molar-refractivity contribution in [2.24, 2.45) is 5.92 Å². The molecule has 4 heteroatoms. The maximum absolute atomic E-state index is 5.85. The van der Waals surface area contributed by atoms with E-state index in [0.717, 1.165) is 25.3 Å². The molecule has 1 aromatic heterocycles. The highest BCUT2D eigenvalue weighted by atomic mass is 16.5. The zero-order chi connectivity index (χ0) is 10.8. The van der Waals surface area contributed by atoms with Crippen LogP contribution in [-0.4, -0.2) is 22.5 Å². The van der Waals surface area contributed by atoms with Crippen LogP contribution in [0.4, 0.5) is 5.82 Å². The van der Waals surface area contributed by atoms with Crippen molar-refractivity contribution < 1.29 is 4.74 Å². The van der Waals surface area contributed by atoms with Gasteiger partial charge in [0.25, 0.3) is 0 Å². The number of nitrogens with zero attached hydrogens (tertiary/aromatic N) is 2. The second kappa shape index (κ2) is 4.23. The number of rotatable bonds is 2. The van der Waals surface area contributed by atoms with Crippen molar-refractivity contribution in [1.29, 1.82) is 0 Å². The fraction of sp³-hybridized carbons (Fsp3) is 0.727. The summed E-state index contributed by atoms with van der Waals surface area (Å²) in [5, 5.41) is 4.27. The van der Waals surface area contributed by atoms with Gasteiger partial charge in [0.2, 0.25) is 0 Å². The zero-order valence-electron chi connectivity index (χ0n) is 9.39. The number of hydrogen-bond acceptors (Lipinski definition) is 3. The molecule has 1 saturated heterocycles. The Morgan fingerprint density at radius 3 is 3.00 bits per heavy atom. The lowest BCUT2D eigenvalue weighted by Gasteiger charge is -2.32. The molecule has 2 unspecified atom stereocenters. The number of nitrogen functional groups attached to an aromatic ring is 1. The van der Waals surface area contributed by atoms with Gasteiger partial charge in [0.05, 0.1) is 18.3 Å². The van der Waals surface area contributed by atoms with E-state index in [4.69, 9.17) is 10.5 Å². The molecule has 1 fully saturated rings.